The van der Waals surface area contributed by atoms with E-state index in [1.807, 2.05) is 0 Å². The average Bonchev–Trinajstić information content (AvgIpc) is 3.25. The predicted molar refractivity (Wildman–Crippen MR) is 106 cm³/mol. The Labute approximate surface area is 179 Å². The Kier molecular flexibility index (Phi) is 6.54. The van der Waals surface area contributed by atoms with Gasteiger partial charge < -0.3 is 10.6 Å². The Bertz CT molecular complexity index is 767. The van der Waals surface area contributed by atoms with Crippen LogP contribution < -0.4 is 10.6 Å². The minimum absolute atomic E-state index is 0.165. The lowest BCUT2D eigenvalue weighted by atomic mass is 9.84. The van der Waals surface area contributed by atoms with Gasteiger partial charge in [0.05, 0.1) is 0 Å². The summed E-state index contributed by atoms with van der Waals surface area (Å²) in [5.41, 5.74) is 0.405. The monoisotopic (exact) mass is 474 g/mol. The molecule has 1 aromatic rings. The number of hydrogen-bond donors (Lipinski definition) is 2. The van der Waals surface area contributed by atoms with E-state index in [1.165, 1.54) is 37.8 Å². The number of halogens is 7. The number of fused-ring (bicyclic) bond motifs is 2. The first-order chi connectivity index (χ1) is 13.8. The van der Waals surface area contributed by atoms with Crippen LogP contribution in [0, 0.1) is 17.8 Å². The minimum Gasteiger partial charge on any atom is -0.360 e. The van der Waals surface area contributed by atoms with E-state index >= 15 is 0 Å². The molecule has 3 rings (SSSR count). The van der Waals surface area contributed by atoms with Gasteiger partial charge in [-0.05, 0) is 92.2 Å². The number of thiocarbonyl (C=S) groups is 1. The summed E-state index contributed by atoms with van der Waals surface area (Å²) in [6, 6.07) is 4.82. The van der Waals surface area contributed by atoms with Gasteiger partial charge in [0.1, 0.15) is 0 Å². The number of rotatable bonds is 6. The lowest BCUT2D eigenvalue weighted by Crippen LogP contribution is -2.49. The Morgan fingerprint density at radius 3 is 2.17 bits per heavy atom. The van der Waals surface area contributed by atoms with Gasteiger partial charge in [0.15, 0.2) is 5.11 Å². The molecule has 30 heavy (non-hydrogen) atoms. The maximum Gasteiger partial charge on any atom is 0.460 e. The highest BCUT2D eigenvalue weighted by atomic mass is 32.2. The second kappa shape index (κ2) is 8.37. The summed E-state index contributed by atoms with van der Waals surface area (Å²) >= 11 is 4.43. The summed E-state index contributed by atoms with van der Waals surface area (Å²) in [7, 11) is 0. The second-order valence-corrected chi connectivity index (χ2v) is 9.54. The Hall–Kier alpha value is -1.23. The molecule has 0 unspecified atom stereocenters. The first kappa shape index (κ1) is 23.4. The van der Waals surface area contributed by atoms with Gasteiger partial charge >= 0.3 is 17.4 Å². The van der Waals surface area contributed by atoms with Crippen molar-refractivity contribution >= 4 is 34.8 Å². The summed E-state index contributed by atoms with van der Waals surface area (Å²) < 4.78 is 89.7. The zero-order chi connectivity index (χ0) is 22.3. The molecule has 0 aromatic heterocycles. The molecule has 2 saturated carbocycles. The quantitative estimate of drug-likeness (QED) is 0.273. The summed E-state index contributed by atoms with van der Waals surface area (Å²) in [5, 5.41) is 1.09. The fourth-order valence-electron chi connectivity index (χ4n) is 4.37. The molecule has 0 spiro atoms. The molecule has 0 radical (unpaired) electrons. The molecule has 4 atom stereocenters. The molecule has 1 aromatic carbocycles. The van der Waals surface area contributed by atoms with Gasteiger partial charge in [-0.25, -0.2) is 0 Å². The molecule has 2 nitrogen and oxygen atoms in total. The number of nitrogens with one attached hydrogen (secondary N) is 2. The minimum atomic E-state index is -6.35. The smallest absolute Gasteiger partial charge is 0.360 e. The molecule has 2 fully saturated rings. The first-order valence-electron chi connectivity index (χ1n) is 9.49. The van der Waals surface area contributed by atoms with E-state index in [9.17, 15) is 30.7 Å². The van der Waals surface area contributed by atoms with Gasteiger partial charge in [0, 0.05) is 16.6 Å². The van der Waals surface area contributed by atoms with Gasteiger partial charge in [-0.15, -0.1) is 0 Å². The summed E-state index contributed by atoms with van der Waals surface area (Å²) in [6.45, 7) is 2.06. The number of hydrogen-bond acceptors (Lipinski definition) is 2. The zero-order valence-electron chi connectivity index (χ0n) is 15.9. The lowest BCUT2D eigenvalue weighted by molar-refractivity contribution is -0.330. The molecule has 0 aliphatic heterocycles. The Balaban J connectivity index is 1.54. The van der Waals surface area contributed by atoms with Gasteiger partial charge in [0.25, 0.3) is 0 Å². The molecular formula is C19H21F7N2S2. The van der Waals surface area contributed by atoms with Gasteiger partial charge in [-0.2, -0.15) is 30.7 Å². The molecular weight excluding hydrogens is 453 g/mol. The van der Waals surface area contributed by atoms with Crippen LogP contribution in [-0.4, -0.2) is 28.5 Å². The van der Waals surface area contributed by atoms with E-state index in [1.54, 1.807) is 0 Å². The molecule has 0 heterocycles. The van der Waals surface area contributed by atoms with Crippen molar-refractivity contribution in [2.45, 2.75) is 60.9 Å². The first-order valence-corrected chi connectivity index (χ1v) is 10.7. The molecule has 2 aliphatic rings. The van der Waals surface area contributed by atoms with E-state index in [4.69, 9.17) is 12.2 Å². The van der Waals surface area contributed by atoms with Crippen LogP contribution in [0.25, 0.3) is 0 Å². The van der Waals surface area contributed by atoms with Crippen LogP contribution in [0.1, 0.15) is 32.6 Å². The van der Waals surface area contributed by atoms with Crippen LogP contribution in [0.5, 0.6) is 0 Å². The SMILES string of the molecule is C[C@H](NC(=S)Nc1ccc(SC(F)(F)C(F)(F)C(F)(F)F)cc1)[C@@H]1C[C@H]2CC[C@H]1C2. The third kappa shape index (κ3) is 4.81. The number of benzene rings is 1. The Morgan fingerprint density at radius 1 is 1.03 bits per heavy atom. The van der Waals surface area contributed by atoms with Gasteiger partial charge in [0.2, 0.25) is 0 Å². The number of thioether (sulfide) groups is 1. The molecule has 2 N–H and O–H groups in total. The molecule has 168 valence electrons. The van der Waals surface area contributed by atoms with Gasteiger partial charge in [-0.3, -0.25) is 0 Å². The van der Waals surface area contributed by atoms with Crippen LogP contribution in [0.2, 0.25) is 0 Å². The van der Waals surface area contributed by atoms with Crippen LogP contribution in [0.15, 0.2) is 29.2 Å². The van der Waals surface area contributed by atoms with Crippen molar-refractivity contribution in [1.29, 1.82) is 0 Å². The Morgan fingerprint density at radius 2 is 1.67 bits per heavy atom. The van der Waals surface area contributed by atoms with Crippen molar-refractivity contribution in [2.75, 3.05) is 5.32 Å². The highest BCUT2D eigenvalue weighted by Gasteiger charge is 2.73. The topological polar surface area (TPSA) is 24.1 Å². The standard InChI is InChI=1S/C19H21F7N2S2/c1-10(15-9-11-2-3-12(15)8-11)27-16(29)28-13-4-6-14(7-5-13)30-19(25,26)17(20,21)18(22,23)24/h4-7,10-12,15H,2-3,8-9H2,1H3,(H2,27,28,29)/t10-,11-,12-,15-/m0/s1. The third-order valence-corrected chi connectivity index (χ3v) is 7.11. The van der Waals surface area contributed by atoms with Crippen molar-refractivity contribution in [3.05, 3.63) is 24.3 Å². The molecule has 11 heteroatoms. The highest BCUT2D eigenvalue weighted by molar-refractivity contribution is 8.00. The second-order valence-electron chi connectivity index (χ2n) is 7.94. The fraction of sp³-hybridized carbons (Fsp3) is 0.632. The van der Waals surface area contributed by atoms with Crippen LogP contribution in [-0.2, 0) is 0 Å². The summed E-state index contributed by atoms with van der Waals surface area (Å²) in [6.07, 6.45) is -1.40. The lowest BCUT2D eigenvalue weighted by Gasteiger charge is -2.29. The van der Waals surface area contributed by atoms with Gasteiger partial charge in [-0.1, -0.05) is 6.42 Å². The number of anilines is 1. The average molecular weight is 475 g/mol. The van der Waals surface area contributed by atoms with E-state index in [0.717, 1.165) is 18.1 Å². The van der Waals surface area contributed by atoms with E-state index < -0.39 is 34.0 Å². The normalized spacial score (nSPS) is 25.3. The molecule has 0 saturated heterocycles. The maximum absolute atomic E-state index is 13.5. The van der Waals surface area contributed by atoms with E-state index in [2.05, 4.69) is 17.6 Å². The van der Waals surface area contributed by atoms with Crippen LogP contribution >= 0.6 is 24.0 Å². The van der Waals surface area contributed by atoms with Crippen molar-refractivity contribution in [3.63, 3.8) is 0 Å². The molecule has 0 amide bonds. The van der Waals surface area contributed by atoms with E-state index in [0.29, 0.717) is 22.6 Å². The summed E-state index contributed by atoms with van der Waals surface area (Å²) in [4.78, 5) is -0.427. The third-order valence-electron chi connectivity index (χ3n) is 5.87. The van der Waals surface area contributed by atoms with Crippen LogP contribution in [0.4, 0.5) is 36.4 Å². The summed E-state index contributed by atoms with van der Waals surface area (Å²) in [5.74, 6) is -4.12. The molecule has 2 aliphatic carbocycles. The largest absolute Gasteiger partial charge is 0.460 e. The zero-order valence-corrected chi connectivity index (χ0v) is 17.5. The fourth-order valence-corrected chi connectivity index (χ4v) is 5.49. The van der Waals surface area contributed by atoms with Crippen molar-refractivity contribution < 1.29 is 30.7 Å². The van der Waals surface area contributed by atoms with Crippen molar-refractivity contribution in [2.24, 2.45) is 17.8 Å². The van der Waals surface area contributed by atoms with Crippen molar-refractivity contribution in [1.82, 2.24) is 5.32 Å². The van der Waals surface area contributed by atoms with E-state index in [-0.39, 0.29) is 6.04 Å². The highest BCUT2D eigenvalue weighted by Crippen LogP contribution is 2.54. The predicted octanol–water partition coefficient (Wildman–Crippen LogP) is 6.68. The molecule has 2 bridgehead atoms. The number of alkyl halides is 7. The maximum atomic E-state index is 13.5. The van der Waals surface area contributed by atoms with Crippen LogP contribution in [0.3, 0.4) is 0 Å². The van der Waals surface area contributed by atoms with Crippen molar-refractivity contribution in [3.8, 4) is 0 Å².